The summed E-state index contributed by atoms with van der Waals surface area (Å²) in [5, 5.41) is 0. The molecule has 0 N–H and O–H groups in total. The molecule has 0 rings (SSSR count). The second kappa shape index (κ2) is 7.01. The van der Waals surface area contributed by atoms with E-state index in [1.807, 2.05) is 0 Å². The summed E-state index contributed by atoms with van der Waals surface area (Å²) in [6.45, 7) is 0.678. The van der Waals surface area contributed by atoms with Crippen molar-refractivity contribution in [3.63, 3.8) is 0 Å². The molecule has 0 atom stereocenters. The summed E-state index contributed by atoms with van der Waals surface area (Å²) in [6, 6.07) is 0. The van der Waals surface area contributed by atoms with Gasteiger partial charge in [-0.1, -0.05) is 0 Å². The van der Waals surface area contributed by atoms with Gasteiger partial charge in [0, 0.05) is 0 Å². The van der Waals surface area contributed by atoms with Gasteiger partial charge in [-0.15, -0.1) is 0 Å². The molecule has 5 heteroatoms. The molecule has 0 unspecified atom stereocenters. The van der Waals surface area contributed by atoms with E-state index in [2.05, 4.69) is 0 Å². The maximum absolute atomic E-state index is 5.08. The van der Waals surface area contributed by atoms with Crippen molar-refractivity contribution >= 4 is 0 Å². The van der Waals surface area contributed by atoms with E-state index in [1.165, 1.54) is 0 Å². The molecule has 4 nitrogen and oxygen atoms in total. The molecule has 0 aliphatic carbocycles. The van der Waals surface area contributed by atoms with E-state index in [0.29, 0.717) is 13.0 Å². The Morgan fingerprint density at radius 1 is 1.08 bits per heavy atom. The van der Waals surface area contributed by atoms with Gasteiger partial charge in [-0.2, -0.15) is 0 Å². The molecule has 0 radical (unpaired) electrons. The van der Waals surface area contributed by atoms with Gasteiger partial charge in [0.05, 0.1) is 0 Å². The molecule has 0 aliphatic rings. The normalized spacial score (nSPS) is 11.8. The first kappa shape index (κ1) is 12.6. The number of ether oxygens (including phenoxy) is 3. The molecule has 0 aromatic rings. The molecule has 0 saturated heterocycles. The average Bonchev–Trinajstić information content (AvgIpc) is 2.14. The van der Waals surface area contributed by atoms with Crippen molar-refractivity contribution in [2.45, 2.75) is 18.8 Å². The number of methoxy groups -OCH3 is 3. The third-order valence-electron chi connectivity index (χ3n) is 1.66. The van der Waals surface area contributed by atoms with Crippen molar-refractivity contribution in [3.05, 3.63) is 0 Å². The zero-order chi connectivity index (χ0) is 9.45. The fourth-order valence-corrected chi connectivity index (χ4v) is 1.14. The van der Waals surface area contributed by atoms with Crippen molar-refractivity contribution < 1.29 is 38.4 Å². The van der Waals surface area contributed by atoms with Gasteiger partial charge in [-0.25, -0.2) is 0 Å². The Bertz CT molecular complexity index is 97.3. The van der Waals surface area contributed by atoms with Gasteiger partial charge in [0.1, 0.15) is 0 Å². The van der Waals surface area contributed by atoms with Crippen LogP contribution in [0.3, 0.4) is 0 Å². The quantitative estimate of drug-likeness (QED) is 0.355. The van der Waals surface area contributed by atoms with Crippen LogP contribution in [0.1, 0.15) is 12.8 Å². The van der Waals surface area contributed by atoms with Crippen LogP contribution in [0, 0.1) is 0 Å². The average molecular weight is 211 g/mol. The summed E-state index contributed by atoms with van der Waals surface area (Å²) in [4.78, 5) is 0. The Morgan fingerprint density at radius 2 is 1.58 bits per heavy atom. The van der Waals surface area contributed by atoms with Crippen molar-refractivity contribution in [2.24, 2.45) is 0 Å². The Kier molecular flexibility index (Phi) is 7.33. The summed E-state index contributed by atoms with van der Waals surface area (Å²) in [5.74, 6) is -0.904. The second-order valence-corrected chi connectivity index (χ2v) is 2.70. The van der Waals surface area contributed by atoms with Gasteiger partial charge in [0.2, 0.25) is 0 Å². The first-order valence-corrected chi connectivity index (χ1v) is 4.32. The van der Waals surface area contributed by atoms with E-state index in [9.17, 15) is 0 Å². The molecule has 0 fully saturated rings. The van der Waals surface area contributed by atoms with E-state index < -0.39 is 5.97 Å². The molecule has 0 aromatic heterocycles. The van der Waals surface area contributed by atoms with Crippen LogP contribution in [0.4, 0.5) is 0 Å². The number of hydrogen-bond donors (Lipinski definition) is 0. The Hall–Kier alpha value is 0.554. The van der Waals surface area contributed by atoms with E-state index in [-0.39, 0.29) is 0 Å². The van der Waals surface area contributed by atoms with E-state index in [4.69, 9.17) is 17.5 Å². The summed E-state index contributed by atoms with van der Waals surface area (Å²) in [5.41, 5.74) is 0. The van der Waals surface area contributed by atoms with Crippen molar-refractivity contribution in [1.29, 1.82) is 0 Å². The van der Waals surface area contributed by atoms with Crippen LogP contribution in [-0.4, -0.2) is 33.9 Å². The first-order chi connectivity index (χ1) is 5.74. The number of rotatable bonds is 7. The summed E-state index contributed by atoms with van der Waals surface area (Å²) in [6.07, 6.45) is 1.50. The van der Waals surface area contributed by atoms with Crippen LogP contribution in [0.2, 0.25) is 0 Å². The fourth-order valence-electron chi connectivity index (χ4n) is 0.917. The second-order valence-electron chi connectivity index (χ2n) is 2.25. The molecule has 0 aliphatic heterocycles. The molecule has 0 bridgehead atoms. The minimum atomic E-state index is -0.904. The molecule has 12 heavy (non-hydrogen) atoms. The van der Waals surface area contributed by atoms with Crippen LogP contribution in [0.25, 0.3) is 0 Å². The summed E-state index contributed by atoms with van der Waals surface area (Å²) in [7, 11) is 4.67. The van der Waals surface area contributed by atoms with Crippen molar-refractivity contribution in [2.75, 3.05) is 27.9 Å². The third-order valence-corrected chi connectivity index (χ3v) is 1.98. The molecular weight excluding hydrogens is 196 g/mol. The molecule has 71 valence electrons. The molecule has 0 aromatic carbocycles. The maximum atomic E-state index is 5.08. The first-order valence-electron chi connectivity index (χ1n) is 3.68. The van der Waals surface area contributed by atoms with Gasteiger partial charge in [-0.05, 0) is 0 Å². The molecule has 0 saturated carbocycles. The van der Waals surface area contributed by atoms with Crippen molar-refractivity contribution in [3.8, 4) is 0 Å². The molecule has 0 heterocycles. The molecule has 0 spiro atoms. The summed E-state index contributed by atoms with van der Waals surface area (Å²) >= 11 is 1.66. The zero-order valence-corrected chi connectivity index (χ0v) is 9.32. The van der Waals surface area contributed by atoms with Gasteiger partial charge in [0.15, 0.2) is 0 Å². The molecular formula is C7H15O4Ti. The van der Waals surface area contributed by atoms with Gasteiger partial charge >= 0.3 is 85.1 Å². The van der Waals surface area contributed by atoms with Crippen LogP contribution in [-0.2, 0) is 38.4 Å². The van der Waals surface area contributed by atoms with E-state index in [0.717, 1.165) is 6.42 Å². The minimum absolute atomic E-state index is 0.657. The van der Waals surface area contributed by atoms with Crippen molar-refractivity contribution in [1.82, 2.24) is 0 Å². The van der Waals surface area contributed by atoms with Crippen LogP contribution in [0.5, 0.6) is 0 Å². The molecule has 0 amide bonds. The van der Waals surface area contributed by atoms with Crippen LogP contribution in [0.15, 0.2) is 0 Å². The zero-order valence-electron chi connectivity index (χ0n) is 7.75. The summed E-state index contributed by atoms with van der Waals surface area (Å²) < 4.78 is 20.2. The fraction of sp³-hybridized carbons (Fsp3) is 1.00. The van der Waals surface area contributed by atoms with E-state index in [1.54, 1.807) is 42.2 Å². The van der Waals surface area contributed by atoms with Gasteiger partial charge in [0.25, 0.3) is 0 Å². The van der Waals surface area contributed by atoms with Crippen LogP contribution >= 0.6 is 0 Å². The van der Waals surface area contributed by atoms with Gasteiger partial charge < -0.3 is 0 Å². The monoisotopic (exact) mass is 211 g/mol. The van der Waals surface area contributed by atoms with Gasteiger partial charge in [-0.3, -0.25) is 0 Å². The standard InChI is InChI=1S/C7H15O4.Ti/c1-9-7(10-2,11-3)5-4-6-8;/h4-6H2,1-3H3;/q-1;+1. The Labute approximate surface area is 85.4 Å². The van der Waals surface area contributed by atoms with Crippen LogP contribution < -0.4 is 0 Å². The predicted molar refractivity (Wildman–Crippen MR) is 38.9 cm³/mol. The van der Waals surface area contributed by atoms with E-state index >= 15 is 0 Å². The Morgan fingerprint density at radius 3 is 1.92 bits per heavy atom. The number of hydrogen-bond acceptors (Lipinski definition) is 4. The topological polar surface area (TPSA) is 36.9 Å². The third kappa shape index (κ3) is 3.98. The predicted octanol–water partition coefficient (Wildman–Crippen LogP) is 0.838. The SMILES string of the molecule is COC(CCC[O][Ti])(OC)OC. The Balaban J connectivity index is 3.76.